The van der Waals surface area contributed by atoms with E-state index in [1.54, 1.807) is 31.1 Å². The van der Waals surface area contributed by atoms with Gasteiger partial charge >= 0.3 is 0 Å². The Hall–Kier alpha value is -6.98. The molecule has 0 radical (unpaired) electrons. The number of rotatable bonds is 22. The lowest BCUT2D eigenvalue weighted by molar-refractivity contribution is -0.136. The smallest absolute Gasteiger partial charge is 0.268 e. The van der Waals surface area contributed by atoms with Crippen LogP contribution in [0.1, 0.15) is 148 Å². The Kier molecular flexibility index (Phi) is 16.2. The van der Waals surface area contributed by atoms with Crippen molar-refractivity contribution in [3.05, 3.63) is 118 Å². The highest BCUT2D eigenvalue weighted by molar-refractivity contribution is 6.26. The Bertz CT molecular complexity index is 2650. The lowest BCUT2D eigenvalue weighted by Crippen LogP contribution is -2.56. The number of carbonyl (C=O) groups is 8. The summed E-state index contributed by atoms with van der Waals surface area (Å²) >= 11 is 0. The fraction of sp³-hybridized carbons (Fsp3) is 0.444. The van der Waals surface area contributed by atoms with Crippen LogP contribution in [0.5, 0.6) is 0 Å². The third-order valence-electron chi connectivity index (χ3n) is 14.3. The zero-order valence-electron chi connectivity index (χ0n) is 40.8. The van der Waals surface area contributed by atoms with Crippen molar-refractivity contribution in [2.75, 3.05) is 44.4 Å². The number of piperidine rings is 1. The lowest BCUT2D eigenvalue weighted by Gasteiger charge is -2.53. The molecule has 1 aliphatic carbocycles. The molecule has 1 saturated carbocycles. The van der Waals surface area contributed by atoms with Gasteiger partial charge in [-0.15, -0.1) is 0 Å². The zero-order valence-corrected chi connectivity index (χ0v) is 40.8. The summed E-state index contributed by atoms with van der Waals surface area (Å²) in [4.78, 5) is 107. The predicted molar refractivity (Wildman–Crippen MR) is 267 cm³/mol. The van der Waals surface area contributed by atoms with Crippen molar-refractivity contribution in [3.63, 3.8) is 0 Å². The molecule has 1 saturated heterocycles. The number of aromatic nitrogens is 1. The molecule has 0 bridgehead atoms. The Balaban J connectivity index is 0.661. The van der Waals surface area contributed by atoms with Crippen molar-refractivity contribution in [2.45, 2.75) is 121 Å². The standard InChI is InChI=1S/C54H65N9O8/c1-60(2)51(69)38-20-16-37(17-21-38)35-61-31-32-62-42(24-26-44(62)54(61)28-12-29-54)49(67)56-33-36-18-22-39(23-19-36)57-45(64)15-9-7-5-3-4-6-8-10-30-55-34-47(66)58-41-14-11-13-40-48(41)53(71)63(52(40)70)43-25-27-46(65)59-50(43)68/h11,13-14,16-24,26,43,55H,3-10,12,15,25,27-35H2,1-2H3,(H,56,67)(H,57,64)(H,58,66)(H,59,65,68). The van der Waals surface area contributed by atoms with Crippen molar-refractivity contribution in [1.29, 1.82) is 0 Å². The fourth-order valence-corrected chi connectivity index (χ4v) is 10.3. The van der Waals surface area contributed by atoms with Gasteiger partial charge in [0.15, 0.2) is 0 Å². The Labute approximate surface area is 414 Å². The van der Waals surface area contributed by atoms with Crippen LogP contribution in [0.15, 0.2) is 78.9 Å². The topological polar surface area (TPSA) is 211 Å². The highest BCUT2D eigenvalue weighted by atomic mass is 16.2. The third kappa shape index (κ3) is 11.6. The van der Waals surface area contributed by atoms with Gasteiger partial charge in [0.25, 0.3) is 23.6 Å². The number of hydrogen-bond donors (Lipinski definition) is 5. The minimum Gasteiger partial charge on any atom is -0.347 e. The van der Waals surface area contributed by atoms with Gasteiger partial charge in [-0.3, -0.25) is 53.5 Å². The fourth-order valence-electron chi connectivity index (χ4n) is 10.3. The highest BCUT2D eigenvalue weighted by Crippen LogP contribution is 2.49. The third-order valence-corrected chi connectivity index (χ3v) is 14.3. The van der Waals surface area contributed by atoms with Crippen molar-refractivity contribution >= 4 is 58.6 Å². The lowest BCUT2D eigenvalue weighted by atomic mass is 9.71. The molecular weight excluding hydrogens is 903 g/mol. The van der Waals surface area contributed by atoms with Crippen LogP contribution in [-0.4, -0.2) is 106 Å². The molecule has 17 heteroatoms. The van der Waals surface area contributed by atoms with E-state index in [4.69, 9.17) is 0 Å². The number of benzene rings is 3. The van der Waals surface area contributed by atoms with E-state index in [1.807, 2.05) is 54.6 Å². The van der Waals surface area contributed by atoms with Gasteiger partial charge in [-0.25, -0.2) is 0 Å². The van der Waals surface area contributed by atoms with Crippen molar-refractivity contribution < 1.29 is 38.4 Å². The van der Waals surface area contributed by atoms with Crippen LogP contribution in [0, 0.1) is 0 Å². The molecule has 374 valence electrons. The highest BCUT2D eigenvalue weighted by Gasteiger charge is 2.49. The first kappa shape index (κ1) is 50.4. The predicted octanol–water partition coefficient (Wildman–Crippen LogP) is 6.09. The van der Waals surface area contributed by atoms with Crippen LogP contribution in [0.25, 0.3) is 0 Å². The summed E-state index contributed by atoms with van der Waals surface area (Å²) < 4.78 is 2.19. The average Bonchev–Trinajstić information content (AvgIpc) is 3.89. The molecule has 17 nitrogen and oxygen atoms in total. The van der Waals surface area contributed by atoms with E-state index in [0.29, 0.717) is 30.8 Å². The molecule has 3 aliphatic heterocycles. The van der Waals surface area contributed by atoms with E-state index in [1.165, 1.54) is 17.3 Å². The number of nitrogens with zero attached hydrogens (tertiary/aromatic N) is 4. The Morgan fingerprint density at radius 1 is 0.746 bits per heavy atom. The van der Waals surface area contributed by atoms with Crippen LogP contribution < -0.4 is 26.6 Å². The van der Waals surface area contributed by atoms with E-state index in [9.17, 15) is 38.4 Å². The number of anilines is 2. The summed E-state index contributed by atoms with van der Waals surface area (Å²) in [5.74, 6) is -2.93. The molecule has 4 aliphatic rings. The van der Waals surface area contributed by atoms with Gasteiger partial charge in [-0.1, -0.05) is 68.9 Å². The van der Waals surface area contributed by atoms with E-state index in [2.05, 4.69) is 42.1 Å². The molecule has 71 heavy (non-hydrogen) atoms. The van der Waals surface area contributed by atoms with Gasteiger partial charge in [-0.05, 0) is 105 Å². The number of unbranched alkanes of at least 4 members (excludes halogenated alkanes) is 7. The van der Waals surface area contributed by atoms with Crippen LogP contribution in [0.2, 0.25) is 0 Å². The molecule has 8 amide bonds. The largest absolute Gasteiger partial charge is 0.347 e. The van der Waals surface area contributed by atoms with Gasteiger partial charge in [0.1, 0.15) is 11.7 Å². The molecule has 5 N–H and O–H groups in total. The second-order valence-corrected chi connectivity index (χ2v) is 19.4. The molecule has 1 atom stereocenters. The molecule has 2 fully saturated rings. The monoisotopic (exact) mass is 967 g/mol. The SMILES string of the molecule is CN(C)C(=O)c1ccc(CN2CCn3c(C(=O)NCc4ccc(NC(=O)CCCCCCCCCCNCC(=O)Nc5cccc6c5C(=O)N(C5CCC(=O)NC5=O)C6=O)cc4)ccc3C23CCC3)cc1. The maximum absolute atomic E-state index is 13.5. The molecular formula is C54H65N9O8. The van der Waals surface area contributed by atoms with Crippen molar-refractivity contribution in [3.8, 4) is 0 Å². The second kappa shape index (κ2) is 22.8. The first-order chi connectivity index (χ1) is 34.3. The number of imide groups is 2. The van der Waals surface area contributed by atoms with Crippen LogP contribution >= 0.6 is 0 Å². The van der Waals surface area contributed by atoms with Crippen LogP contribution in [0.3, 0.4) is 0 Å². The van der Waals surface area contributed by atoms with E-state index in [-0.39, 0.29) is 65.4 Å². The number of carbonyl (C=O) groups excluding carboxylic acids is 8. The maximum atomic E-state index is 13.5. The summed E-state index contributed by atoms with van der Waals surface area (Å²) in [6.07, 6.45) is 11.8. The van der Waals surface area contributed by atoms with E-state index >= 15 is 0 Å². The molecule has 3 aromatic carbocycles. The van der Waals surface area contributed by atoms with Crippen molar-refractivity contribution in [1.82, 2.24) is 35.2 Å². The summed E-state index contributed by atoms with van der Waals surface area (Å²) in [6, 6.07) is 23.1. The summed E-state index contributed by atoms with van der Waals surface area (Å²) in [5.41, 5.74) is 5.64. The quantitative estimate of drug-likeness (QED) is 0.0452. The Morgan fingerprint density at radius 3 is 2.14 bits per heavy atom. The molecule has 1 spiro atoms. The second-order valence-electron chi connectivity index (χ2n) is 19.4. The first-order valence-corrected chi connectivity index (χ1v) is 25.1. The van der Waals surface area contributed by atoms with E-state index in [0.717, 1.165) is 106 Å². The number of amides is 8. The molecule has 4 heterocycles. The Morgan fingerprint density at radius 2 is 1.45 bits per heavy atom. The number of fused-ring (bicyclic) bond motifs is 3. The first-order valence-electron chi connectivity index (χ1n) is 25.1. The minimum absolute atomic E-state index is 0.00707. The summed E-state index contributed by atoms with van der Waals surface area (Å²) in [7, 11) is 3.52. The summed E-state index contributed by atoms with van der Waals surface area (Å²) in [5, 5.41) is 14.1. The molecule has 1 aromatic heterocycles. The van der Waals surface area contributed by atoms with Gasteiger partial charge in [0.05, 0.1) is 28.9 Å². The average molecular weight is 968 g/mol. The van der Waals surface area contributed by atoms with Crippen LogP contribution in [0.4, 0.5) is 11.4 Å². The van der Waals surface area contributed by atoms with Crippen molar-refractivity contribution in [2.24, 2.45) is 0 Å². The minimum atomic E-state index is -1.08. The number of hydrogen-bond acceptors (Lipinski definition) is 10. The van der Waals surface area contributed by atoms with Gasteiger partial charge < -0.3 is 30.7 Å². The molecule has 4 aromatic rings. The summed E-state index contributed by atoms with van der Waals surface area (Å²) in [6.45, 7) is 3.40. The maximum Gasteiger partial charge on any atom is 0.268 e. The molecule has 1 unspecified atom stereocenters. The number of nitrogens with one attached hydrogen (secondary N) is 5. The van der Waals surface area contributed by atoms with Gasteiger partial charge in [0.2, 0.25) is 23.6 Å². The van der Waals surface area contributed by atoms with Gasteiger partial charge in [-0.2, -0.15) is 0 Å². The normalized spacial score (nSPS) is 17.0. The van der Waals surface area contributed by atoms with Crippen LogP contribution in [-0.2, 0) is 44.4 Å². The van der Waals surface area contributed by atoms with Gasteiger partial charge in [0, 0.05) is 70.1 Å². The zero-order chi connectivity index (χ0) is 50.1. The van der Waals surface area contributed by atoms with E-state index < -0.39 is 29.7 Å². The molecule has 8 rings (SSSR count).